The maximum atomic E-state index is 14.7. The lowest BCUT2D eigenvalue weighted by Gasteiger charge is -2.41. The second kappa shape index (κ2) is 26.3. The van der Waals surface area contributed by atoms with Crippen LogP contribution in [0.1, 0.15) is 96.8 Å². The van der Waals surface area contributed by atoms with Crippen LogP contribution in [0.3, 0.4) is 0 Å². The molecule has 0 radical (unpaired) electrons. The van der Waals surface area contributed by atoms with Crippen molar-refractivity contribution in [3.8, 4) is 11.5 Å². The molecule has 15 nitrogen and oxygen atoms in total. The van der Waals surface area contributed by atoms with Crippen LogP contribution >= 0.6 is 0 Å². The van der Waals surface area contributed by atoms with Gasteiger partial charge in [0, 0.05) is 48.9 Å². The molecule has 6 N–H and O–H groups in total. The number of hydrogen-bond donors (Lipinski definition) is 4. The Balaban J connectivity index is 1.38. The summed E-state index contributed by atoms with van der Waals surface area (Å²) in [6.07, 6.45) is 3.07. The van der Waals surface area contributed by atoms with Crippen molar-refractivity contribution in [1.29, 1.82) is 0 Å². The molecule has 2 aliphatic rings. The number of Topliss-reactive ketones (excluding diaryl/α,β-unsaturated/α-hetero) is 3. The average molecular weight is 967 g/mol. The Morgan fingerprint density at radius 1 is 0.814 bits per heavy atom. The van der Waals surface area contributed by atoms with E-state index in [1.807, 2.05) is 94.4 Å². The number of esters is 1. The number of hydrogen-bond acceptors (Lipinski definition) is 12. The lowest BCUT2D eigenvalue weighted by Crippen LogP contribution is -2.57. The van der Waals surface area contributed by atoms with E-state index in [0.717, 1.165) is 16.7 Å². The molecule has 0 saturated carbocycles. The van der Waals surface area contributed by atoms with Crippen molar-refractivity contribution >= 4 is 35.1 Å². The van der Waals surface area contributed by atoms with Gasteiger partial charge in [-0.3, -0.25) is 28.8 Å². The molecule has 0 aliphatic carbocycles. The van der Waals surface area contributed by atoms with Gasteiger partial charge >= 0.3 is 5.97 Å². The molecular weight excluding hydrogens is 891 g/mol. The molecule has 2 saturated heterocycles. The van der Waals surface area contributed by atoms with Gasteiger partial charge in [0.1, 0.15) is 49.9 Å². The van der Waals surface area contributed by atoms with Crippen LogP contribution < -0.4 is 31.6 Å². The molecule has 70 heavy (non-hydrogen) atoms. The molecular formula is C55H76N5O10+. The number of ketones is 3. The highest BCUT2D eigenvalue weighted by Crippen LogP contribution is 2.32. The fourth-order valence-corrected chi connectivity index (χ4v) is 8.95. The Bertz CT molecular complexity index is 2260. The van der Waals surface area contributed by atoms with Gasteiger partial charge in [0.05, 0.1) is 37.6 Å². The predicted molar refractivity (Wildman–Crippen MR) is 267 cm³/mol. The van der Waals surface area contributed by atoms with E-state index >= 15 is 0 Å². The monoisotopic (exact) mass is 967 g/mol. The quantitative estimate of drug-likeness (QED) is 0.0275. The maximum Gasteiger partial charge on any atom is 0.310 e. The van der Waals surface area contributed by atoms with E-state index in [1.165, 1.54) is 6.20 Å². The summed E-state index contributed by atoms with van der Waals surface area (Å²) in [5.41, 5.74) is 13.6. The van der Waals surface area contributed by atoms with Crippen molar-refractivity contribution < 1.29 is 52.2 Å². The van der Waals surface area contributed by atoms with Gasteiger partial charge in [0.15, 0.2) is 17.3 Å². The van der Waals surface area contributed by atoms with E-state index < -0.39 is 47.3 Å². The number of quaternary nitrogens is 1. The first-order chi connectivity index (χ1) is 33.4. The van der Waals surface area contributed by atoms with E-state index in [1.54, 1.807) is 26.0 Å². The normalized spacial score (nSPS) is 18.3. The Hall–Kier alpha value is -5.90. The minimum Gasteiger partial charge on any atom is -0.487 e. The largest absolute Gasteiger partial charge is 0.487 e. The van der Waals surface area contributed by atoms with Crippen molar-refractivity contribution in [3.05, 3.63) is 107 Å². The van der Waals surface area contributed by atoms with Crippen LogP contribution in [0, 0.1) is 23.7 Å². The molecule has 0 bridgehead atoms. The summed E-state index contributed by atoms with van der Waals surface area (Å²) < 4.78 is 23.2. The van der Waals surface area contributed by atoms with Crippen LogP contribution in [0.5, 0.6) is 11.5 Å². The van der Waals surface area contributed by atoms with Crippen molar-refractivity contribution in [2.24, 2.45) is 35.1 Å². The summed E-state index contributed by atoms with van der Waals surface area (Å²) in [6.45, 7) is 14.0. The first-order valence-electron chi connectivity index (χ1n) is 24.9. The van der Waals surface area contributed by atoms with Crippen LogP contribution in [0.4, 0.5) is 0 Å². The number of carbonyl (C=O) groups excluding carboxylic acids is 6. The number of morpholine rings is 1. The fraction of sp³-hybridized carbons (Fsp3) is 0.527. The molecule has 0 spiro atoms. The van der Waals surface area contributed by atoms with Gasteiger partial charge < -0.3 is 45.5 Å². The lowest BCUT2D eigenvalue weighted by molar-refractivity contribution is -0.940. The third-order valence-electron chi connectivity index (χ3n) is 13.1. The Kier molecular flexibility index (Phi) is 20.7. The Morgan fingerprint density at radius 2 is 1.41 bits per heavy atom. The van der Waals surface area contributed by atoms with Gasteiger partial charge in [0.25, 0.3) is 0 Å². The molecule has 2 aliphatic heterocycles. The summed E-state index contributed by atoms with van der Waals surface area (Å²) in [5.74, 6) is -2.58. The number of carbonyl (C=O) groups is 6. The first-order valence-corrected chi connectivity index (χ1v) is 24.9. The third kappa shape index (κ3) is 17.2. The number of nitrogens with two attached hydrogens (primary N) is 2. The second-order valence-electron chi connectivity index (χ2n) is 20.1. The van der Waals surface area contributed by atoms with Crippen LogP contribution in [0.25, 0.3) is 0 Å². The van der Waals surface area contributed by atoms with E-state index in [0.29, 0.717) is 86.8 Å². The van der Waals surface area contributed by atoms with Gasteiger partial charge in [-0.05, 0) is 74.1 Å². The SMILES string of the molecule is CCC(=O)Oc1ccc(C[N+]2(CC(=O)C[C@@H](CCc3ccccc3)C(=O)N[C@@H](CC(C)C)C(=O)C[C@@H](Cc3ccccc3)C(=O)N[C@@H](CC(C)C)C(=O)[C@@]3(C)CO3)CCOCC2)c(OC/C(N)=C/N)c1. The minimum atomic E-state index is -0.942. The van der Waals surface area contributed by atoms with Crippen molar-refractivity contribution in [2.75, 3.05) is 46.1 Å². The molecule has 2 fully saturated rings. The number of ether oxygens (including phenoxy) is 4. The molecule has 3 aromatic carbocycles. The van der Waals surface area contributed by atoms with Gasteiger partial charge in [-0.1, -0.05) is 95.3 Å². The molecule has 3 aromatic rings. The highest BCUT2D eigenvalue weighted by Gasteiger charge is 2.50. The van der Waals surface area contributed by atoms with Crippen molar-refractivity contribution in [3.63, 3.8) is 0 Å². The fourth-order valence-electron chi connectivity index (χ4n) is 8.95. The number of amides is 2. The molecule has 15 heteroatoms. The van der Waals surface area contributed by atoms with E-state index in [2.05, 4.69) is 10.6 Å². The van der Waals surface area contributed by atoms with Crippen molar-refractivity contribution in [1.82, 2.24) is 10.6 Å². The second-order valence-corrected chi connectivity index (χ2v) is 20.1. The summed E-state index contributed by atoms with van der Waals surface area (Å²) in [6, 6.07) is 22.6. The highest BCUT2D eigenvalue weighted by molar-refractivity contribution is 5.98. The van der Waals surface area contributed by atoms with Crippen LogP contribution in [0.2, 0.25) is 0 Å². The number of nitrogens with zero attached hydrogens (tertiary/aromatic N) is 1. The van der Waals surface area contributed by atoms with Gasteiger partial charge in [-0.2, -0.15) is 0 Å². The number of rotatable bonds is 29. The topological polar surface area (TPSA) is 219 Å². The molecule has 0 unspecified atom stereocenters. The zero-order chi connectivity index (χ0) is 50.8. The minimum absolute atomic E-state index is 0.00228. The number of aryl methyl sites for hydroxylation is 1. The van der Waals surface area contributed by atoms with E-state index in [-0.39, 0.29) is 68.0 Å². The molecule has 5 rings (SSSR count). The van der Waals surface area contributed by atoms with Gasteiger partial charge in [-0.25, -0.2) is 0 Å². The maximum absolute atomic E-state index is 14.7. The summed E-state index contributed by atoms with van der Waals surface area (Å²) in [5, 5.41) is 6.08. The van der Waals surface area contributed by atoms with Gasteiger partial charge in [0.2, 0.25) is 11.8 Å². The molecule has 2 amide bonds. The van der Waals surface area contributed by atoms with Crippen molar-refractivity contribution in [2.45, 2.75) is 117 Å². The van der Waals surface area contributed by atoms with Gasteiger partial charge in [-0.15, -0.1) is 0 Å². The lowest BCUT2D eigenvalue weighted by atomic mass is 9.87. The first kappa shape index (κ1) is 55.0. The number of nitrogens with one attached hydrogen (secondary N) is 2. The van der Waals surface area contributed by atoms with Crippen LogP contribution in [0.15, 0.2) is 90.8 Å². The number of benzene rings is 3. The zero-order valence-corrected chi connectivity index (χ0v) is 42.0. The van der Waals surface area contributed by atoms with E-state index in [4.69, 9.17) is 30.4 Å². The van der Waals surface area contributed by atoms with Crippen LogP contribution in [-0.4, -0.2) is 103 Å². The summed E-state index contributed by atoms with van der Waals surface area (Å²) in [7, 11) is 0. The Labute approximate surface area is 414 Å². The highest BCUT2D eigenvalue weighted by atomic mass is 16.6. The summed E-state index contributed by atoms with van der Waals surface area (Å²) in [4.78, 5) is 83.8. The molecule has 380 valence electrons. The third-order valence-corrected chi connectivity index (χ3v) is 13.1. The predicted octanol–water partition coefficient (Wildman–Crippen LogP) is 5.93. The zero-order valence-electron chi connectivity index (χ0n) is 42.0. The summed E-state index contributed by atoms with van der Waals surface area (Å²) >= 11 is 0. The molecule has 5 atom stereocenters. The molecule has 2 heterocycles. The molecule has 0 aromatic heterocycles. The van der Waals surface area contributed by atoms with Crippen LogP contribution in [-0.2, 0) is 57.6 Å². The standard InChI is InChI=1S/C55H75N5O10/c1-7-51(63)70-46-21-20-42(50(31-46)68-35-44(57)32-56)33-60(22-24-67-25-23-60)34-45(61)29-41(19-18-39-14-10-8-11-15-39)53(65)58-47(26-37(2)3)49(62)30-43(28-40-16-12-9-13-17-40)54(66)59-48(27-38(4)5)52(64)55(6)36-69-55/h8-17,20-21,31-32,37-38,41,43,47-48H,7,18-19,22-30,33-36,56-57H2,1-6H3,(H-,58,59,65,66)/p+1/b44-32-/t41-,43-,47+,48+,55-/m1/s1. The average Bonchev–Trinajstić information content (AvgIpc) is 4.10. The Morgan fingerprint density at radius 3 is 2.01 bits per heavy atom. The number of epoxide rings is 1. The van der Waals surface area contributed by atoms with E-state index in [9.17, 15) is 28.8 Å². The smallest absolute Gasteiger partial charge is 0.310 e.